The molecule has 0 rings (SSSR count). The maximum Gasteiger partial charge on any atom is 0.331 e. The van der Waals surface area contributed by atoms with Gasteiger partial charge in [-0.2, -0.15) is 0 Å². The number of hydrogen-bond acceptors (Lipinski definition) is 6. The molecule has 0 radical (unpaired) electrons. The van der Waals surface area contributed by atoms with Gasteiger partial charge in [0.1, 0.15) is 0 Å². The van der Waals surface area contributed by atoms with Gasteiger partial charge in [0.15, 0.2) is 0 Å². The van der Waals surface area contributed by atoms with Gasteiger partial charge in [0.05, 0.1) is 19.6 Å². The van der Waals surface area contributed by atoms with Crippen molar-refractivity contribution in [3.8, 4) is 0 Å². The molecule has 0 bridgehead atoms. The minimum Gasteiger partial charge on any atom is -0.481 e. The number of rotatable bonds is 9. The summed E-state index contributed by atoms with van der Waals surface area (Å²) >= 11 is 0. The summed E-state index contributed by atoms with van der Waals surface area (Å²) in [5, 5.41) is 50.8. The molecule has 9 nitrogen and oxygen atoms in total. The van der Waals surface area contributed by atoms with E-state index in [1.54, 1.807) is 0 Å². The third kappa shape index (κ3) is 10.5. The maximum absolute atomic E-state index is 10.2. The van der Waals surface area contributed by atoms with E-state index >= 15 is 0 Å². The SMILES string of the molecule is C=C(CC(=O)O)C(=O)O.O=C(O)C=CC(CO)(CO)CCO. The average Bonchev–Trinajstić information content (AvgIpc) is 2.43. The first-order chi connectivity index (χ1) is 10.1. The topological polar surface area (TPSA) is 173 Å². The summed E-state index contributed by atoms with van der Waals surface area (Å²) < 4.78 is 0. The zero-order valence-electron chi connectivity index (χ0n) is 11.8. The van der Waals surface area contributed by atoms with Crippen LogP contribution in [0.25, 0.3) is 0 Å². The monoisotopic (exact) mass is 320 g/mol. The Kier molecular flexibility index (Phi) is 11.5. The summed E-state index contributed by atoms with van der Waals surface area (Å²) in [4.78, 5) is 29.8. The average molecular weight is 320 g/mol. The van der Waals surface area contributed by atoms with Gasteiger partial charge in [0.25, 0.3) is 0 Å². The first-order valence-corrected chi connectivity index (χ1v) is 6.01. The Morgan fingerprint density at radius 2 is 1.50 bits per heavy atom. The predicted octanol–water partition coefficient (Wildman–Crippen LogP) is -0.917. The molecule has 0 saturated heterocycles. The van der Waals surface area contributed by atoms with Crippen LogP contribution in [-0.4, -0.2) is 68.4 Å². The number of aliphatic carboxylic acids is 3. The van der Waals surface area contributed by atoms with Crippen LogP contribution in [0.5, 0.6) is 0 Å². The Labute approximate surface area is 126 Å². The molecule has 0 spiro atoms. The van der Waals surface area contributed by atoms with Gasteiger partial charge in [-0.3, -0.25) is 4.79 Å². The molecular formula is C13H20O9. The van der Waals surface area contributed by atoms with Gasteiger partial charge >= 0.3 is 17.9 Å². The first-order valence-electron chi connectivity index (χ1n) is 6.01. The number of aliphatic hydroxyl groups excluding tert-OH is 3. The van der Waals surface area contributed by atoms with E-state index in [9.17, 15) is 14.4 Å². The van der Waals surface area contributed by atoms with Crippen molar-refractivity contribution in [3.05, 3.63) is 24.3 Å². The highest BCUT2D eigenvalue weighted by Gasteiger charge is 2.25. The molecule has 0 aliphatic heterocycles. The third-order valence-electron chi connectivity index (χ3n) is 2.49. The lowest BCUT2D eigenvalue weighted by Crippen LogP contribution is -2.29. The normalized spacial score (nSPS) is 10.7. The lowest BCUT2D eigenvalue weighted by atomic mass is 9.86. The zero-order chi connectivity index (χ0) is 17.8. The van der Waals surface area contributed by atoms with Gasteiger partial charge < -0.3 is 30.6 Å². The van der Waals surface area contributed by atoms with Gasteiger partial charge in [-0.15, -0.1) is 0 Å². The van der Waals surface area contributed by atoms with Gasteiger partial charge in [0, 0.05) is 23.7 Å². The highest BCUT2D eigenvalue weighted by atomic mass is 16.4. The van der Waals surface area contributed by atoms with Crippen LogP contribution in [0.2, 0.25) is 0 Å². The lowest BCUT2D eigenvalue weighted by molar-refractivity contribution is -0.139. The van der Waals surface area contributed by atoms with Crippen LogP contribution in [0.4, 0.5) is 0 Å². The van der Waals surface area contributed by atoms with E-state index in [0.29, 0.717) is 0 Å². The first kappa shape index (κ1) is 22.1. The number of hydrogen-bond donors (Lipinski definition) is 6. The van der Waals surface area contributed by atoms with E-state index in [1.807, 2.05) is 0 Å². The molecular weight excluding hydrogens is 300 g/mol. The second-order valence-electron chi connectivity index (χ2n) is 4.30. The van der Waals surface area contributed by atoms with Crippen molar-refractivity contribution in [1.82, 2.24) is 0 Å². The minimum absolute atomic E-state index is 0.129. The smallest absolute Gasteiger partial charge is 0.331 e. The summed E-state index contributed by atoms with van der Waals surface area (Å²) in [6, 6.07) is 0. The summed E-state index contributed by atoms with van der Waals surface area (Å²) in [5.41, 5.74) is -1.34. The number of carboxylic acids is 3. The number of aliphatic hydroxyl groups is 3. The van der Waals surface area contributed by atoms with Crippen LogP contribution < -0.4 is 0 Å². The van der Waals surface area contributed by atoms with E-state index in [2.05, 4.69) is 6.58 Å². The second-order valence-corrected chi connectivity index (χ2v) is 4.30. The molecule has 6 N–H and O–H groups in total. The van der Waals surface area contributed by atoms with Crippen molar-refractivity contribution in [2.24, 2.45) is 5.41 Å². The Hall–Kier alpha value is -2.23. The molecule has 0 unspecified atom stereocenters. The zero-order valence-corrected chi connectivity index (χ0v) is 11.8. The van der Waals surface area contributed by atoms with Crippen molar-refractivity contribution in [3.63, 3.8) is 0 Å². The maximum atomic E-state index is 10.2. The molecule has 0 aromatic carbocycles. The predicted molar refractivity (Wildman–Crippen MR) is 74.1 cm³/mol. The molecule has 0 heterocycles. The molecule has 0 aromatic rings. The van der Waals surface area contributed by atoms with E-state index in [0.717, 1.165) is 6.08 Å². The van der Waals surface area contributed by atoms with Crippen molar-refractivity contribution in [2.45, 2.75) is 12.8 Å². The fourth-order valence-electron chi connectivity index (χ4n) is 1.13. The fraction of sp³-hybridized carbons (Fsp3) is 0.462. The molecule has 22 heavy (non-hydrogen) atoms. The molecule has 9 heteroatoms. The van der Waals surface area contributed by atoms with Gasteiger partial charge in [0.2, 0.25) is 0 Å². The van der Waals surface area contributed by atoms with E-state index in [1.165, 1.54) is 6.08 Å². The molecule has 0 fully saturated rings. The van der Waals surface area contributed by atoms with Crippen LogP contribution in [-0.2, 0) is 14.4 Å². The molecule has 0 aliphatic rings. The summed E-state index contributed by atoms with van der Waals surface area (Å²) in [5.74, 6) is -3.59. The van der Waals surface area contributed by atoms with E-state index in [-0.39, 0.29) is 18.6 Å². The lowest BCUT2D eigenvalue weighted by Gasteiger charge is -2.24. The van der Waals surface area contributed by atoms with Gasteiger partial charge in [-0.25, -0.2) is 9.59 Å². The standard InChI is InChI=1S/C8H14O5.C5H6O4/c9-4-3-8(5-10,6-11)2-1-7(12)13;1-3(5(8)9)2-4(6)7/h1-2,9-11H,3-6H2,(H,12,13);1-2H2,(H,6,7)(H,8,9). The quantitative estimate of drug-likeness (QED) is 0.294. The van der Waals surface area contributed by atoms with E-state index in [4.69, 9.17) is 30.6 Å². The second kappa shape index (κ2) is 11.4. The highest BCUT2D eigenvalue weighted by Crippen LogP contribution is 2.22. The van der Waals surface area contributed by atoms with Crippen LogP contribution >= 0.6 is 0 Å². The van der Waals surface area contributed by atoms with Crippen LogP contribution in [0.15, 0.2) is 24.3 Å². The molecule has 0 aromatic heterocycles. The summed E-state index contributed by atoms with van der Waals surface area (Å²) in [7, 11) is 0. The third-order valence-corrected chi connectivity index (χ3v) is 2.49. The Bertz CT molecular complexity index is 421. The van der Waals surface area contributed by atoms with Crippen molar-refractivity contribution in [1.29, 1.82) is 0 Å². The highest BCUT2D eigenvalue weighted by molar-refractivity contribution is 5.91. The summed E-state index contributed by atoms with van der Waals surface area (Å²) in [6.07, 6.45) is 1.67. The van der Waals surface area contributed by atoms with Crippen LogP contribution in [0.3, 0.4) is 0 Å². The Balaban J connectivity index is 0. The van der Waals surface area contributed by atoms with Crippen molar-refractivity contribution < 1.29 is 45.0 Å². The van der Waals surface area contributed by atoms with Crippen molar-refractivity contribution in [2.75, 3.05) is 19.8 Å². The largest absolute Gasteiger partial charge is 0.481 e. The molecule has 0 amide bonds. The fourth-order valence-corrected chi connectivity index (χ4v) is 1.13. The van der Waals surface area contributed by atoms with Gasteiger partial charge in [-0.05, 0) is 6.42 Å². The van der Waals surface area contributed by atoms with Gasteiger partial charge in [-0.1, -0.05) is 12.7 Å². The molecule has 0 atom stereocenters. The Morgan fingerprint density at radius 3 is 1.73 bits per heavy atom. The molecule has 0 aliphatic carbocycles. The summed E-state index contributed by atoms with van der Waals surface area (Å²) in [6.45, 7) is 2.01. The van der Waals surface area contributed by atoms with Crippen LogP contribution in [0, 0.1) is 5.41 Å². The molecule has 126 valence electrons. The number of carbonyl (C=O) groups is 3. The molecule has 0 saturated carbocycles. The number of carboxylic acid groups (broad SMARTS) is 3. The Morgan fingerprint density at radius 1 is 1.00 bits per heavy atom. The van der Waals surface area contributed by atoms with E-state index < -0.39 is 43.0 Å². The van der Waals surface area contributed by atoms with Crippen LogP contribution in [0.1, 0.15) is 12.8 Å². The minimum atomic E-state index is -1.27. The van der Waals surface area contributed by atoms with Crippen molar-refractivity contribution >= 4 is 17.9 Å².